The number of hydrogen-bond donors (Lipinski definition) is 1. The maximum atomic E-state index is 13.3. The number of methoxy groups -OCH3 is 1. The second-order valence-corrected chi connectivity index (χ2v) is 7.97. The van der Waals surface area contributed by atoms with E-state index in [1.54, 1.807) is 13.2 Å². The van der Waals surface area contributed by atoms with E-state index in [2.05, 4.69) is 15.0 Å². The molecule has 0 fully saturated rings. The molecule has 34 heavy (non-hydrogen) atoms. The van der Waals surface area contributed by atoms with Crippen LogP contribution >= 0.6 is 0 Å². The highest BCUT2D eigenvalue weighted by molar-refractivity contribution is 5.90. The summed E-state index contributed by atoms with van der Waals surface area (Å²) in [6.07, 6.45) is 0. The van der Waals surface area contributed by atoms with E-state index in [9.17, 15) is 4.79 Å². The molecule has 0 bridgehead atoms. The van der Waals surface area contributed by atoms with Crippen molar-refractivity contribution < 1.29 is 4.74 Å². The number of aromatic nitrogens is 6. The predicted molar refractivity (Wildman–Crippen MR) is 130 cm³/mol. The van der Waals surface area contributed by atoms with Crippen molar-refractivity contribution in [2.45, 2.75) is 20.4 Å². The van der Waals surface area contributed by atoms with Crippen LogP contribution in [0.25, 0.3) is 28.0 Å². The SMILES string of the molecule is COc1cccc(Cn2nc3c(-c4cc(C)nc(C)c4)c(-c4ccccc4)nc(N)n3c2=O)n1. The maximum Gasteiger partial charge on any atom is 0.353 e. The molecule has 1 aromatic carbocycles. The van der Waals surface area contributed by atoms with Gasteiger partial charge in [-0.15, -0.1) is 5.10 Å². The van der Waals surface area contributed by atoms with Gasteiger partial charge in [-0.05, 0) is 37.6 Å². The number of aryl methyl sites for hydroxylation is 2. The van der Waals surface area contributed by atoms with E-state index in [4.69, 9.17) is 15.6 Å². The van der Waals surface area contributed by atoms with Crippen LogP contribution in [0.2, 0.25) is 0 Å². The van der Waals surface area contributed by atoms with Gasteiger partial charge in [0.05, 0.1) is 30.6 Å². The molecule has 170 valence electrons. The number of nitrogens with zero attached hydrogens (tertiary/aromatic N) is 6. The van der Waals surface area contributed by atoms with Gasteiger partial charge in [-0.2, -0.15) is 0 Å². The van der Waals surface area contributed by atoms with E-state index in [1.807, 2.05) is 68.4 Å². The second kappa shape index (κ2) is 8.43. The monoisotopic (exact) mass is 453 g/mol. The minimum absolute atomic E-state index is 0.0648. The van der Waals surface area contributed by atoms with Crippen molar-refractivity contribution >= 4 is 11.6 Å². The summed E-state index contributed by atoms with van der Waals surface area (Å²) >= 11 is 0. The first-order valence-corrected chi connectivity index (χ1v) is 10.7. The highest BCUT2D eigenvalue weighted by Crippen LogP contribution is 2.34. The minimum Gasteiger partial charge on any atom is -0.481 e. The van der Waals surface area contributed by atoms with E-state index in [1.165, 1.54) is 9.08 Å². The zero-order valence-corrected chi connectivity index (χ0v) is 19.1. The van der Waals surface area contributed by atoms with Crippen molar-refractivity contribution in [2.75, 3.05) is 12.8 Å². The molecule has 4 aromatic heterocycles. The maximum absolute atomic E-state index is 13.3. The zero-order chi connectivity index (χ0) is 23.8. The Labute approximate surface area is 195 Å². The van der Waals surface area contributed by atoms with Gasteiger partial charge < -0.3 is 10.5 Å². The van der Waals surface area contributed by atoms with Crippen LogP contribution in [0.1, 0.15) is 17.1 Å². The number of benzene rings is 1. The van der Waals surface area contributed by atoms with E-state index >= 15 is 0 Å². The molecule has 0 saturated heterocycles. The highest BCUT2D eigenvalue weighted by atomic mass is 16.5. The normalized spacial score (nSPS) is 11.1. The molecule has 0 aliphatic rings. The van der Waals surface area contributed by atoms with Crippen LogP contribution in [0.15, 0.2) is 65.5 Å². The summed E-state index contributed by atoms with van der Waals surface area (Å²) in [6.45, 7) is 4.02. The van der Waals surface area contributed by atoms with E-state index in [0.717, 1.165) is 22.5 Å². The van der Waals surface area contributed by atoms with E-state index < -0.39 is 5.69 Å². The largest absolute Gasteiger partial charge is 0.481 e. The summed E-state index contributed by atoms with van der Waals surface area (Å²) in [7, 11) is 1.55. The van der Waals surface area contributed by atoms with Crippen LogP contribution in [0, 0.1) is 13.8 Å². The van der Waals surface area contributed by atoms with E-state index in [-0.39, 0.29) is 12.5 Å². The zero-order valence-electron chi connectivity index (χ0n) is 19.1. The van der Waals surface area contributed by atoms with Gasteiger partial charge >= 0.3 is 5.69 Å². The average molecular weight is 454 g/mol. The summed E-state index contributed by atoms with van der Waals surface area (Å²) in [5.41, 5.74) is 11.8. The average Bonchev–Trinajstić information content (AvgIpc) is 3.15. The van der Waals surface area contributed by atoms with Gasteiger partial charge in [0.2, 0.25) is 11.8 Å². The molecule has 9 nitrogen and oxygen atoms in total. The molecule has 0 amide bonds. The van der Waals surface area contributed by atoms with Crippen LogP contribution in [0.5, 0.6) is 5.88 Å². The molecule has 0 saturated carbocycles. The summed E-state index contributed by atoms with van der Waals surface area (Å²) in [4.78, 5) is 26.9. The number of nitrogens with two attached hydrogens (primary N) is 1. The lowest BCUT2D eigenvalue weighted by Gasteiger charge is -2.13. The van der Waals surface area contributed by atoms with E-state index in [0.29, 0.717) is 28.5 Å². The Morgan fingerprint density at radius 2 is 1.65 bits per heavy atom. The fourth-order valence-electron chi connectivity index (χ4n) is 4.07. The molecule has 0 unspecified atom stereocenters. The number of hydrogen-bond acceptors (Lipinski definition) is 7. The predicted octanol–water partition coefficient (Wildman–Crippen LogP) is 3.27. The van der Waals surface area contributed by atoms with Gasteiger partial charge in [0.1, 0.15) is 0 Å². The van der Waals surface area contributed by atoms with Gasteiger partial charge in [-0.1, -0.05) is 36.4 Å². The Hall–Kier alpha value is -4.53. The number of rotatable bonds is 5. The van der Waals surface area contributed by atoms with Gasteiger partial charge in [-0.3, -0.25) is 4.98 Å². The molecular weight excluding hydrogens is 430 g/mol. The summed E-state index contributed by atoms with van der Waals surface area (Å²) in [5.74, 6) is 0.528. The van der Waals surface area contributed by atoms with Crippen LogP contribution < -0.4 is 16.2 Å². The Morgan fingerprint density at radius 3 is 2.35 bits per heavy atom. The molecule has 0 radical (unpaired) electrons. The van der Waals surface area contributed by atoms with Crippen LogP contribution in [-0.4, -0.2) is 36.2 Å². The minimum atomic E-state index is -0.395. The van der Waals surface area contributed by atoms with Gasteiger partial charge in [-0.25, -0.2) is 23.8 Å². The lowest BCUT2D eigenvalue weighted by Crippen LogP contribution is -2.24. The first-order valence-electron chi connectivity index (χ1n) is 10.7. The van der Waals surface area contributed by atoms with Crippen molar-refractivity contribution in [2.24, 2.45) is 0 Å². The third-order valence-corrected chi connectivity index (χ3v) is 5.47. The topological polar surface area (TPSA) is 113 Å². The molecule has 0 aliphatic heterocycles. The summed E-state index contributed by atoms with van der Waals surface area (Å²) in [5, 5.41) is 4.69. The number of pyridine rings is 2. The first kappa shape index (κ1) is 21.3. The van der Waals surface area contributed by atoms with Gasteiger partial charge in [0.15, 0.2) is 5.65 Å². The fourth-order valence-corrected chi connectivity index (χ4v) is 4.07. The Balaban J connectivity index is 1.79. The third kappa shape index (κ3) is 3.77. The standard InChI is InChI=1S/C25H23N7O2/c1-15-12-18(13-16(2)27-15)21-22(17-8-5-4-6-9-17)29-24(26)32-23(21)30-31(25(32)33)14-19-10-7-11-20(28-19)34-3/h4-13H,14H2,1-3H3,(H2,26,29). The molecule has 0 spiro atoms. The molecule has 5 aromatic rings. The lowest BCUT2D eigenvalue weighted by atomic mass is 9.99. The lowest BCUT2D eigenvalue weighted by molar-refractivity contribution is 0.395. The third-order valence-electron chi connectivity index (χ3n) is 5.47. The molecule has 9 heteroatoms. The number of ether oxygens (including phenoxy) is 1. The van der Waals surface area contributed by atoms with Crippen LogP contribution in [-0.2, 0) is 6.54 Å². The van der Waals surface area contributed by atoms with Crippen molar-refractivity contribution in [3.8, 4) is 28.3 Å². The van der Waals surface area contributed by atoms with Gasteiger partial charge in [0, 0.05) is 23.0 Å². The molecular formula is C25H23N7O2. The first-order chi connectivity index (χ1) is 16.4. The smallest absolute Gasteiger partial charge is 0.353 e. The van der Waals surface area contributed by atoms with Crippen molar-refractivity contribution in [3.05, 3.63) is 88.2 Å². The second-order valence-electron chi connectivity index (χ2n) is 7.97. The van der Waals surface area contributed by atoms with Crippen molar-refractivity contribution in [1.29, 1.82) is 0 Å². The molecule has 4 heterocycles. The number of anilines is 1. The Kier molecular flexibility index (Phi) is 5.29. The van der Waals surface area contributed by atoms with Crippen LogP contribution in [0.4, 0.5) is 5.95 Å². The molecule has 2 N–H and O–H groups in total. The molecule has 0 aliphatic carbocycles. The van der Waals surface area contributed by atoms with Crippen molar-refractivity contribution in [3.63, 3.8) is 0 Å². The quantitative estimate of drug-likeness (QED) is 0.434. The molecule has 0 atom stereocenters. The number of nitrogen functional groups attached to an aromatic ring is 1. The van der Waals surface area contributed by atoms with Gasteiger partial charge in [0.25, 0.3) is 0 Å². The van der Waals surface area contributed by atoms with Crippen LogP contribution in [0.3, 0.4) is 0 Å². The highest BCUT2D eigenvalue weighted by Gasteiger charge is 2.22. The Morgan fingerprint density at radius 1 is 0.912 bits per heavy atom. The number of fused-ring (bicyclic) bond motifs is 1. The summed E-state index contributed by atoms with van der Waals surface area (Å²) < 4.78 is 7.89. The fraction of sp³-hybridized carbons (Fsp3) is 0.160. The van der Waals surface area contributed by atoms with Crippen molar-refractivity contribution in [1.82, 2.24) is 29.1 Å². The summed E-state index contributed by atoms with van der Waals surface area (Å²) in [6, 6.07) is 19.0. The Bertz CT molecular complexity index is 1550. The molecule has 5 rings (SSSR count).